The molecule has 0 radical (unpaired) electrons. The van der Waals surface area contributed by atoms with Gasteiger partial charge in [-0.25, -0.2) is 0 Å². The van der Waals surface area contributed by atoms with Gasteiger partial charge >= 0.3 is 33.9 Å². The fourth-order valence-corrected chi connectivity index (χ4v) is 2.17. The number of allylic oxidation sites excluding steroid dienone is 1. The Hall–Kier alpha value is -1.82. The first kappa shape index (κ1) is 31.0. The predicted octanol–water partition coefficient (Wildman–Crippen LogP) is 3.48. The van der Waals surface area contributed by atoms with E-state index in [0.29, 0.717) is 0 Å². The van der Waals surface area contributed by atoms with Crippen LogP contribution in [0.25, 0.3) is 0 Å². The summed E-state index contributed by atoms with van der Waals surface area (Å²) in [7, 11) is 0. The Morgan fingerprint density at radius 1 is 1.12 bits per heavy atom. The standard InChI is InChI=1S/C16H23NO.3CO.Cr/c1-5-8-11-14-12-9-10-13(4)15(14)16(18)17(6-2)7-3;3*1-2;/h5,9-10,12H,1,6-8,11H2,2-4H3;;;;. The molecule has 0 aliphatic heterocycles. The third-order valence-electron chi connectivity index (χ3n) is 3.24. The number of rotatable bonds is 6. The van der Waals surface area contributed by atoms with Crippen LogP contribution in [0.5, 0.6) is 0 Å². The zero-order chi connectivity index (χ0) is 19.5. The molecule has 0 saturated carbocycles. The number of hydrogen-bond acceptors (Lipinski definition) is 1. The smallest absolute Gasteiger partial charge is 0 e. The summed E-state index contributed by atoms with van der Waals surface area (Å²) >= 11 is 0. The normalized spacial score (nSPS) is 7.56. The van der Waals surface area contributed by atoms with Crippen LogP contribution in [0.15, 0.2) is 30.9 Å². The van der Waals surface area contributed by atoms with Gasteiger partial charge in [0.2, 0.25) is 0 Å². The number of carbonyl (C=O) groups excluding carboxylic acids is 1. The van der Waals surface area contributed by atoms with E-state index in [1.807, 2.05) is 49.9 Å². The first-order valence-corrected chi connectivity index (χ1v) is 7.25. The van der Waals surface area contributed by atoms with E-state index in [4.69, 9.17) is 14.0 Å². The Bertz CT molecular complexity index is 532. The Labute approximate surface area is 161 Å². The van der Waals surface area contributed by atoms with E-state index in [-0.39, 0.29) is 23.3 Å². The summed E-state index contributed by atoms with van der Waals surface area (Å²) in [6.07, 6.45) is 3.68. The van der Waals surface area contributed by atoms with Crippen LogP contribution in [0.2, 0.25) is 0 Å². The maximum Gasteiger partial charge on any atom is 0 e. The summed E-state index contributed by atoms with van der Waals surface area (Å²) < 4.78 is 22.5. The third kappa shape index (κ3) is 11.4. The molecule has 0 aromatic heterocycles. The molecule has 0 heterocycles. The molecule has 0 fully saturated rings. The van der Waals surface area contributed by atoms with Crippen molar-refractivity contribution in [3.05, 3.63) is 67.5 Å². The van der Waals surface area contributed by atoms with Gasteiger partial charge in [-0.1, -0.05) is 24.3 Å². The second kappa shape index (κ2) is 22.2. The van der Waals surface area contributed by atoms with E-state index in [0.717, 1.165) is 42.6 Å². The van der Waals surface area contributed by atoms with Crippen molar-refractivity contribution in [2.45, 2.75) is 33.6 Å². The van der Waals surface area contributed by atoms with Crippen LogP contribution < -0.4 is 0 Å². The van der Waals surface area contributed by atoms with Gasteiger partial charge in [0.05, 0.1) is 0 Å². The minimum Gasteiger partial charge on any atom is 0 e. The van der Waals surface area contributed by atoms with Crippen molar-refractivity contribution in [3.63, 3.8) is 0 Å². The maximum absolute atomic E-state index is 12.5. The molecule has 5 nitrogen and oxygen atoms in total. The quantitative estimate of drug-likeness (QED) is 0.422. The van der Waals surface area contributed by atoms with Gasteiger partial charge < -0.3 is 4.90 Å². The van der Waals surface area contributed by atoms with E-state index < -0.39 is 0 Å². The molecular weight excluding hydrogens is 358 g/mol. The molecule has 6 heteroatoms. The fourth-order valence-electron chi connectivity index (χ4n) is 2.17. The Morgan fingerprint density at radius 2 is 1.60 bits per heavy atom. The van der Waals surface area contributed by atoms with Crippen molar-refractivity contribution in [1.29, 1.82) is 0 Å². The first-order valence-electron chi connectivity index (χ1n) is 7.25. The zero-order valence-corrected chi connectivity index (χ0v) is 16.1. The van der Waals surface area contributed by atoms with Gasteiger partial charge in [0.25, 0.3) is 5.91 Å². The van der Waals surface area contributed by atoms with E-state index >= 15 is 0 Å². The van der Waals surface area contributed by atoms with Crippen molar-refractivity contribution >= 4 is 5.91 Å². The summed E-state index contributed by atoms with van der Waals surface area (Å²) in [4.78, 5) is 14.4. The molecule has 0 unspecified atom stereocenters. The molecule has 1 aromatic rings. The second-order valence-corrected chi connectivity index (χ2v) is 4.41. The Balaban J connectivity index is -0.000000284. The molecule has 0 bridgehead atoms. The van der Waals surface area contributed by atoms with E-state index in [1.165, 1.54) is 0 Å². The molecule has 0 N–H and O–H groups in total. The Morgan fingerprint density at radius 3 is 2.00 bits per heavy atom. The largest absolute Gasteiger partial charge is 0 e. The average Bonchev–Trinajstić information content (AvgIpc) is 2.65. The van der Waals surface area contributed by atoms with Crippen molar-refractivity contribution in [3.8, 4) is 0 Å². The van der Waals surface area contributed by atoms with Gasteiger partial charge in [0, 0.05) is 36.0 Å². The van der Waals surface area contributed by atoms with Gasteiger partial charge in [-0.2, -0.15) is 0 Å². The molecule has 0 atom stereocenters. The van der Waals surface area contributed by atoms with Crippen molar-refractivity contribution in [2.75, 3.05) is 13.1 Å². The molecule has 25 heavy (non-hydrogen) atoms. The van der Waals surface area contributed by atoms with Crippen LogP contribution >= 0.6 is 0 Å². The van der Waals surface area contributed by atoms with E-state index in [9.17, 15) is 4.79 Å². The Kier molecular flexibility index (Phi) is 27.5. The third-order valence-corrected chi connectivity index (χ3v) is 3.24. The van der Waals surface area contributed by atoms with Crippen LogP contribution in [-0.4, -0.2) is 23.9 Å². The van der Waals surface area contributed by atoms with Crippen LogP contribution in [0, 0.1) is 26.9 Å². The van der Waals surface area contributed by atoms with Gasteiger partial charge in [-0.15, -0.1) is 6.58 Å². The molecule has 1 aromatic carbocycles. The summed E-state index contributed by atoms with van der Waals surface area (Å²) in [6.45, 7) is 24.8. The monoisotopic (exact) mass is 381 g/mol. The topological polar surface area (TPSA) is 80.0 Å². The van der Waals surface area contributed by atoms with Gasteiger partial charge in [0.1, 0.15) is 0 Å². The van der Waals surface area contributed by atoms with Gasteiger partial charge in [-0.3, -0.25) is 4.79 Å². The first-order chi connectivity index (χ1) is 11.7. The van der Waals surface area contributed by atoms with Crippen molar-refractivity contribution in [2.24, 2.45) is 0 Å². The molecule has 0 aliphatic carbocycles. The maximum atomic E-state index is 12.5. The molecule has 134 valence electrons. The average molecular weight is 381 g/mol. The molecule has 1 rings (SSSR count). The number of carbonyl (C=O) groups is 1. The molecule has 1 amide bonds. The number of hydrogen-bond donors (Lipinski definition) is 0. The molecule has 0 spiro atoms. The summed E-state index contributed by atoms with van der Waals surface area (Å²) in [5.41, 5.74) is 3.07. The molecular formula is C19H23CrNO4. The fraction of sp³-hybridized carbons (Fsp3) is 0.368. The van der Waals surface area contributed by atoms with Gasteiger partial charge in [-0.05, 0) is 44.7 Å². The number of amides is 1. The molecule has 0 aliphatic rings. The minimum atomic E-state index is 0. The van der Waals surface area contributed by atoms with Crippen LogP contribution in [0.4, 0.5) is 0 Å². The summed E-state index contributed by atoms with van der Waals surface area (Å²) in [5, 5.41) is 0. The number of nitrogens with zero attached hydrogens (tertiary/aromatic N) is 1. The minimum absolute atomic E-state index is 0. The zero-order valence-electron chi connectivity index (χ0n) is 14.8. The van der Waals surface area contributed by atoms with E-state index in [2.05, 4.69) is 26.5 Å². The predicted molar refractivity (Wildman–Crippen MR) is 88.7 cm³/mol. The van der Waals surface area contributed by atoms with Crippen molar-refractivity contribution < 1.29 is 36.1 Å². The number of benzene rings is 1. The molecule has 0 saturated heterocycles. The van der Waals surface area contributed by atoms with E-state index in [1.54, 1.807) is 0 Å². The van der Waals surface area contributed by atoms with Crippen LogP contribution in [-0.2, 0) is 37.7 Å². The second-order valence-electron chi connectivity index (χ2n) is 4.41. The number of aryl methyl sites for hydroxylation is 2. The summed E-state index contributed by atoms with van der Waals surface area (Å²) in [6, 6.07) is 6.08. The van der Waals surface area contributed by atoms with Crippen LogP contribution in [0.3, 0.4) is 0 Å². The van der Waals surface area contributed by atoms with Crippen molar-refractivity contribution in [1.82, 2.24) is 4.90 Å². The van der Waals surface area contributed by atoms with Crippen LogP contribution in [0.1, 0.15) is 41.8 Å². The SMILES string of the molecule is C=CCCc1cccc(C)c1C(=O)N(CC)CC.[C-]#[O+].[C-]#[O+].[C-]#[O+].[Cr]. The summed E-state index contributed by atoms with van der Waals surface area (Å²) in [5.74, 6) is 0.150. The van der Waals surface area contributed by atoms with Gasteiger partial charge in [0.15, 0.2) is 0 Å².